The maximum Gasteiger partial charge on any atom is 0.391 e. The minimum absolute atomic E-state index is 0.0667. The molecule has 0 aliphatic heterocycles. The van der Waals surface area contributed by atoms with Crippen LogP contribution < -0.4 is 0 Å². The van der Waals surface area contributed by atoms with Gasteiger partial charge in [-0.1, -0.05) is 6.42 Å². The van der Waals surface area contributed by atoms with Crippen LogP contribution in [0.15, 0.2) is 15.9 Å². The van der Waals surface area contributed by atoms with Crippen LogP contribution in [0.3, 0.4) is 0 Å². The molecule has 0 saturated heterocycles. The molecule has 1 fully saturated rings. The number of thiophene rings is 1. The van der Waals surface area contributed by atoms with Crippen molar-refractivity contribution >= 4 is 27.3 Å². The zero-order valence-electron chi connectivity index (χ0n) is 10.3. The Morgan fingerprint density at radius 1 is 1.42 bits per heavy atom. The second-order valence-corrected chi connectivity index (χ2v) is 7.08. The number of hydrogen-bond donors (Lipinski definition) is 1. The first-order chi connectivity index (χ1) is 8.86. The van der Waals surface area contributed by atoms with E-state index in [9.17, 15) is 18.3 Å². The summed E-state index contributed by atoms with van der Waals surface area (Å²) >= 11 is 4.85. The highest BCUT2D eigenvalue weighted by atomic mass is 79.9. The molecular formula is C13H16BrF3OS. The fourth-order valence-corrected chi connectivity index (χ4v) is 4.21. The Hall–Kier alpha value is -0.0700. The number of hydrogen-bond acceptors (Lipinski definition) is 2. The molecule has 3 unspecified atom stereocenters. The highest BCUT2D eigenvalue weighted by molar-refractivity contribution is 9.10. The Labute approximate surface area is 123 Å². The molecule has 1 saturated carbocycles. The molecule has 0 radical (unpaired) electrons. The van der Waals surface area contributed by atoms with E-state index < -0.39 is 18.2 Å². The molecule has 0 aromatic carbocycles. The molecule has 2 rings (SSSR count). The standard InChI is InChI=1S/C13H16BrF3OS/c14-10-5-11(19-7-10)6-12(18)8-2-1-3-9(4-8)13(15,16)17/h5,7-9,12,18H,1-4,6H2. The van der Waals surface area contributed by atoms with E-state index in [4.69, 9.17) is 0 Å². The molecule has 19 heavy (non-hydrogen) atoms. The zero-order valence-corrected chi connectivity index (χ0v) is 12.7. The molecule has 6 heteroatoms. The van der Waals surface area contributed by atoms with Gasteiger partial charge in [0.15, 0.2) is 0 Å². The van der Waals surface area contributed by atoms with Crippen LogP contribution in [-0.4, -0.2) is 17.4 Å². The van der Waals surface area contributed by atoms with E-state index in [0.29, 0.717) is 19.3 Å². The lowest BCUT2D eigenvalue weighted by molar-refractivity contribution is -0.188. The molecule has 1 aromatic heterocycles. The number of aliphatic hydroxyl groups is 1. The van der Waals surface area contributed by atoms with Crippen LogP contribution >= 0.6 is 27.3 Å². The van der Waals surface area contributed by atoms with Crippen LogP contribution in [0.5, 0.6) is 0 Å². The first-order valence-corrected chi connectivity index (χ1v) is 8.01. The van der Waals surface area contributed by atoms with Gasteiger partial charge in [0.05, 0.1) is 12.0 Å². The van der Waals surface area contributed by atoms with Crippen molar-refractivity contribution in [2.24, 2.45) is 11.8 Å². The zero-order chi connectivity index (χ0) is 14.0. The lowest BCUT2D eigenvalue weighted by atomic mass is 9.77. The quantitative estimate of drug-likeness (QED) is 0.825. The maximum absolute atomic E-state index is 12.7. The summed E-state index contributed by atoms with van der Waals surface area (Å²) in [5, 5.41) is 12.1. The maximum atomic E-state index is 12.7. The Morgan fingerprint density at radius 3 is 2.74 bits per heavy atom. The Morgan fingerprint density at radius 2 is 2.16 bits per heavy atom. The van der Waals surface area contributed by atoms with Gasteiger partial charge in [-0.05, 0) is 47.2 Å². The molecule has 0 spiro atoms. The monoisotopic (exact) mass is 356 g/mol. The van der Waals surface area contributed by atoms with E-state index in [1.54, 1.807) is 0 Å². The summed E-state index contributed by atoms with van der Waals surface area (Å²) in [6.45, 7) is 0. The van der Waals surface area contributed by atoms with E-state index in [-0.39, 0.29) is 18.8 Å². The van der Waals surface area contributed by atoms with Crippen LogP contribution in [0, 0.1) is 11.8 Å². The summed E-state index contributed by atoms with van der Waals surface area (Å²) in [5.41, 5.74) is 0. The van der Waals surface area contributed by atoms with Crippen LogP contribution in [-0.2, 0) is 6.42 Å². The van der Waals surface area contributed by atoms with Crippen LogP contribution in [0.4, 0.5) is 13.2 Å². The molecule has 3 atom stereocenters. The smallest absolute Gasteiger partial charge is 0.391 e. The van der Waals surface area contributed by atoms with Crippen molar-refractivity contribution in [1.82, 2.24) is 0 Å². The summed E-state index contributed by atoms with van der Waals surface area (Å²) in [4.78, 5) is 1.01. The van der Waals surface area contributed by atoms with Crippen molar-refractivity contribution in [3.8, 4) is 0 Å². The van der Waals surface area contributed by atoms with E-state index in [1.165, 1.54) is 11.3 Å². The van der Waals surface area contributed by atoms with Gasteiger partial charge in [-0.3, -0.25) is 0 Å². The van der Waals surface area contributed by atoms with E-state index >= 15 is 0 Å². The highest BCUT2D eigenvalue weighted by Crippen LogP contribution is 2.41. The minimum Gasteiger partial charge on any atom is -0.392 e. The number of rotatable bonds is 3. The van der Waals surface area contributed by atoms with Crippen molar-refractivity contribution in [3.05, 3.63) is 20.8 Å². The number of aliphatic hydroxyl groups excluding tert-OH is 1. The molecule has 1 nitrogen and oxygen atoms in total. The SMILES string of the molecule is OC(Cc1cc(Br)cs1)C1CCCC(C(F)(F)F)C1. The molecule has 1 aromatic rings. The van der Waals surface area contributed by atoms with Crippen LogP contribution in [0.25, 0.3) is 0 Å². The summed E-state index contributed by atoms with van der Waals surface area (Å²) < 4.78 is 39.1. The molecule has 1 aliphatic rings. The fourth-order valence-electron chi connectivity index (χ4n) is 2.71. The first kappa shape index (κ1) is 15.3. The Balaban J connectivity index is 1.93. The normalized spacial score (nSPS) is 26.4. The molecule has 108 valence electrons. The largest absolute Gasteiger partial charge is 0.392 e. The molecule has 1 N–H and O–H groups in total. The fraction of sp³-hybridized carbons (Fsp3) is 0.692. The molecule has 1 aliphatic carbocycles. The van der Waals surface area contributed by atoms with Gasteiger partial charge in [0.1, 0.15) is 0 Å². The van der Waals surface area contributed by atoms with Gasteiger partial charge in [-0.15, -0.1) is 11.3 Å². The van der Waals surface area contributed by atoms with E-state index in [0.717, 1.165) is 9.35 Å². The second-order valence-electron chi connectivity index (χ2n) is 5.17. The average molecular weight is 357 g/mol. The predicted molar refractivity (Wildman–Crippen MR) is 73.2 cm³/mol. The lowest BCUT2D eigenvalue weighted by Crippen LogP contribution is -2.34. The summed E-state index contributed by atoms with van der Waals surface area (Å²) in [6.07, 6.45) is -2.82. The van der Waals surface area contributed by atoms with Crippen molar-refractivity contribution in [1.29, 1.82) is 0 Å². The third kappa shape index (κ3) is 4.20. The molecular weight excluding hydrogens is 341 g/mol. The van der Waals surface area contributed by atoms with Gasteiger partial charge < -0.3 is 5.11 Å². The van der Waals surface area contributed by atoms with Gasteiger partial charge in [-0.2, -0.15) is 13.2 Å². The van der Waals surface area contributed by atoms with Crippen LogP contribution in [0.1, 0.15) is 30.6 Å². The molecule has 0 bridgehead atoms. The topological polar surface area (TPSA) is 20.2 Å². The Bertz CT molecular complexity index is 418. The van der Waals surface area contributed by atoms with Gasteiger partial charge in [0.2, 0.25) is 0 Å². The van der Waals surface area contributed by atoms with Gasteiger partial charge in [0.25, 0.3) is 0 Å². The van der Waals surface area contributed by atoms with Gasteiger partial charge in [0, 0.05) is 21.2 Å². The number of halogens is 4. The average Bonchev–Trinajstić information content (AvgIpc) is 2.74. The summed E-state index contributed by atoms with van der Waals surface area (Å²) in [6, 6.07) is 1.91. The van der Waals surface area contributed by atoms with E-state index in [2.05, 4.69) is 15.9 Å². The highest BCUT2D eigenvalue weighted by Gasteiger charge is 2.43. The Kier molecular flexibility index (Phi) is 4.95. The van der Waals surface area contributed by atoms with Crippen molar-refractivity contribution in [3.63, 3.8) is 0 Å². The van der Waals surface area contributed by atoms with Crippen LogP contribution in [0.2, 0.25) is 0 Å². The lowest BCUT2D eigenvalue weighted by Gasteiger charge is -2.33. The number of alkyl halides is 3. The van der Waals surface area contributed by atoms with Crippen molar-refractivity contribution in [2.45, 2.75) is 44.4 Å². The first-order valence-electron chi connectivity index (χ1n) is 6.34. The van der Waals surface area contributed by atoms with Crippen molar-refractivity contribution < 1.29 is 18.3 Å². The van der Waals surface area contributed by atoms with Gasteiger partial charge in [-0.25, -0.2) is 0 Å². The van der Waals surface area contributed by atoms with Gasteiger partial charge >= 0.3 is 6.18 Å². The third-order valence-corrected chi connectivity index (χ3v) is 5.47. The summed E-state index contributed by atoms with van der Waals surface area (Å²) in [5.74, 6) is -1.47. The second kappa shape index (κ2) is 6.14. The minimum atomic E-state index is -4.12. The molecule has 0 amide bonds. The predicted octanol–water partition coefficient (Wildman–Crippen LogP) is 4.78. The molecule has 1 heterocycles. The van der Waals surface area contributed by atoms with E-state index in [1.807, 2.05) is 11.4 Å². The van der Waals surface area contributed by atoms with Crippen molar-refractivity contribution in [2.75, 3.05) is 0 Å². The third-order valence-electron chi connectivity index (χ3n) is 3.75. The summed E-state index contributed by atoms with van der Waals surface area (Å²) in [7, 11) is 0.